The first kappa shape index (κ1) is 11.2. The molecule has 0 saturated heterocycles. The second-order valence-corrected chi connectivity index (χ2v) is 4.79. The Bertz CT molecular complexity index is 305. The maximum absolute atomic E-state index is 5.82. The monoisotopic (exact) mass is 195 g/mol. The van der Waals surface area contributed by atoms with Crippen molar-refractivity contribution < 1.29 is 0 Å². The van der Waals surface area contributed by atoms with Crippen LogP contribution in [-0.4, -0.2) is 9.78 Å². The maximum atomic E-state index is 5.82. The molecule has 0 aliphatic heterocycles. The predicted molar refractivity (Wildman–Crippen MR) is 59.2 cm³/mol. The summed E-state index contributed by atoms with van der Waals surface area (Å²) in [7, 11) is 0. The minimum atomic E-state index is 0.0175. The Kier molecular flexibility index (Phi) is 3.00. The summed E-state index contributed by atoms with van der Waals surface area (Å²) >= 11 is 0. The second-order valence-electron chi connectivity index (χ2n) is 4.79. The third-order valence-corrected chi connectivity index (χ3v) is 2.27. The lowest BCUT2D eigenvalue weighted by Gasteiger charge is -2.22. The molecule has 0 amide bonds. The van der Waals surface area contributed by atoms with Crippen molar-refractivity contribution in [2.24, 2.45) is 5.73 Å². The van der Waals surface area contributed by atoms with Gasteiger partial charge in [0.2, 0.25) is 0 Å². The van der Waals surface area contributed by atoms with Crippen molar-refractivity contribution in [1.82, 2.24) is 9.78 Å². The van der Waals surface area contributed by atoms with E-state index >= 15 is 0 Å². The van der Waals surface area contributed by atoms with Gasteiger partial charge >= 0.3 is 0 Å². The third-order valence-electron chi connectivity index (χ3n) is 2.27. The molecule has 80 valence electrons. The molecule has 3 nitrogen and oxygen atoms in total. The molecule has 3 heteroatoms. The van der Waals surface area contributed by atoms with Gasteiger partial charge in [-0.15, -0.1) is 0 Å². The zero-order valence-electron chi connectivity index (χ0n) is 9.83. The van der Waals surface area contributed by atoms with Gasteiger partial charge in [0, 0.05) is 11.7 Å². The average Bonchev–Trinajstić information content (AvgIpc) is 2.46. The molecule has 0 fully saturated rings. The van der Waals surface area contributed by atoms with E-state index in [1.807, 2.05) is 6.92 Å². The smallest absolute Gasteiger partial charge is 0.0792 e. The van der Waals surface area contributed by atoms with Gasteiger partial charge in [0.15, 0.2) is 0 Å². The second kappa shape index (κ2) is 3.73. The maximum Gasteiger partial charge on any atom is 0.0792 e. The van der Waals surface area contributed by atoms with Crippen LogP contribution in [0.5, 0.6) is 0 Å². The molecule has 14 heavy (non-hydrogen) atoms. The minimum absolute atomic E-state index is 0.0175. The zero-order valence-corrected chi connectivity index (χ0v) is 9.83. The van der Waals surface area contributed by atoms with Crippen LogP contribution in [0.15, 0.2) is 6.07 Å². The third kappa shape index (κ3) is 2.15. The number of nitrogens with zero attached hydrogens (tertiary/aromatic N) is 2. The molecular weight excluding hydrogens is 174 g/mol. The highest BCUT2D eigenvalue weighted by Gasteiger charge is 2.19. The number of hydrogen-bond acceptors (Lipinski definition) is 2. The van der Waals surface area contributed by atoms with Crippen LogP contribution in [0, 0.1) is 0 Å². The Morgan fingerprint density at radius 1 is 1.50 bits per heavy atom. The van der Waals surface area contributed by atoms with Crippen LogP contribution < -0.4 is 5.73 Å². The van der Waals surface area contributed by atoms with Crippen molar-refractivity contribution in [2.75, 3.05) is 0 Å². The first-order valence-corrected chi connectivity index (χ1v) is 5.21. The summed E-state index contributed by atoms with van der Waals surface area (Å²) in [6, 6.07) is 2.12. The molecule has 1 aromatic rings. The van der Waals surface area contributed by atoms with Gasteiger partial charge in [-0.2, -0.15) is 5.10 Å². The van der Waals surface area contributed by atoms with Gasteiger partial charge in [0.05, 0.1) is 11.2 Å². The Labute approximate surface area is 86.3 Å². The highest BCUT2D eigenvalue weighted by atomic mass is 15.3. The Balaban J connectivity index is 3.16. The molecule has 2 N–H and O–H groups in total. The molecule has 1 rings (SSSR count). The summed E-state index contributed by atoms with van der Waals surface area (Å²) in [6.07, 6.45) is 0.997. The van der Waals surface area contributed by atoms with E-state index in [0.29, 0.717) is 0 Å². The molecule has 0 saturated carbocycles. The number of aryl methyl sites for hydroxylation is 1. The summed E-state index contributed by atoms with van der Waals surface area (Å²) < 4.78 is 2.08. The predicted octanol–water partition coefficient (Wildman–Crippen LogP) is 2.22. The molecule has 1 aromatic heterocycles. The fourth-order valence-corrected chi connectivity index (χ4v) is 1.50. The first-order valence-electron chi connectivity index (χ1n) is 5.21. The van der Waals surface area contributed by atoms with E-state index in [0.717, 1.165) is 12.1 Å². The topological polar surface area (TPSA) is 43.8 Å². The number of aromatic nitrogens is 2. The van der Waals surface area contributed by atoms with Crippen LogP contribution in [0.3, 0.4) is 0 Å². The summed E-state index contributed by atoms with van der Waals surface area (Å²) in [5, 5.41) is 4.54. The highest BCUT2D eigenvalue weighted by Crippen LogP contribution is 2.19. The van der Waals surface area contributed by atoms with Gasteiger partial charge in [0.25, 0.3) is 0 Å². The Hall–Kier alpha value is -0.830. The molecular formula is C11H21N3. The van der Waals surface area contributed by atoms with Crippen molar-refractivity contribution >= 4 is 0 Å². The van der Waals surface area contributed by atoms with Crippen molar-refractivity contribution in [1.29, 1.82) is 0 Å². The molecule has 1 unspecified atom stereocenters. The minimum Gasteiger partial charge on any atom is -0.323 e. The molecule has 0 aromatic carbocycles. The highest BCUT2D eigenvalue weighted by molar-refractivity contribution is 5.14. The van der Waals surface area contributed by atoms with Crippen LogP contribution in [0.1, 0.15) is 52.0 Å². The summed E-state index contributed by atoms with van der Waals surface area (Å²) in [5.41, 5.74) is 8.10. The number of hydrogen-bond donors (Lipinski definition) is 1. The molecule has 0 aliphatic carbocycles. The number of nitrogens with two attached hydrogens (primary N) is 1. The van der Waals surface area contributed by atoms with Gasteiger partial charge in [-0.1, -0.05) is 6.92 Å². The van der Waals surface area contributed by atoms with E-state index in [4.69, 9.17) is 5.73 Å². The van der Waals surface area contributed by atoms with Gasteiger partial charge < -0.3 is 5.73 Å². The van der Waals surface area contributed by atoms with Crippen molar-refractivity contribution in [2.45, 2.75) is 52.6 Å². The molecule has 0 aliphatic rings. The van der Waals surface area contributed by atoms with Crippen LogP contribution in [0.2, 0.25) is 0 Å². The Morgan fingerprint density at radius 3 is 2.36 bits per heavy atom. The van der Waals surface area contributed by atoms with Gasteiger partial charge in [0.1, 0.15) is 0 Å². The lowest BCUT2D eigenvalue weighted by atomic mass is 10.1. The average molecular weight is 195 g/mol. The standard InChI is InChI=1S/C11H21N3/c1-6-9-7-10(8(2)12)13-14(9)11(3,4)5/h7-8H,6,12H2,1-5H3. The molecule has 1 heterocycles. The van der Waals surface area contributed by atoms with E-state index in [1.54, 1.807) is 0 Å². The largest absolute Gasteiger partial charge is 0.323 e. The first-order chi connectivity index (χ1) is 6.36. The number of rotatable bonds is 2. The summed E-state index contributed by atoms with van der Waals surface area (Å²) in [4.78, 5) is 0. The van der Waals surface area contributed by atoms with Gasteiger partial charge in [-0.05, 0) is 40.2 Å². The van der Waals surface area contributed by atoms with E-state index in [2.05, 4.69) is 43.5 Å². The van der Waals surface area contributed by atoms with Crippen molar-refractivity contribution in [3.8, 4) is 0 Å². The van der Waals surface area contributed by atoms with E-state index in [-0.39, 0.29) is 11.6 Å². The van der Waals surface area contributed by atoms with Gasteiger partial charge in [-0.25, -0.2) is 0 Å². The SMILES string of the molecule is CCc1cc(C(C)N)nn1C(C)(C)C. The summed E-state index contributed by atoms with van der Waals surface area (Å²) in [6.45, 7) is 10.6. The Morgan fingerprint density at radius 2 is 2.07 bits per heavy atom. The fraction of sp³-hybridized carbons (Fsp3) is 0.727. The van der Waals surface area contributed by atoms with Crippen LogP contribution >= 0.6 is 0 Å². The van der Waals surface area contributed by atoms with Crippen LogP contribution in [0.25, 0.3) is 0 Å². The lowest BCUT2D eigenvalue weighted by Crippen LogP contribution is -2.25. The fourth-order valence-electron chi connectivity index (χ4n) is 1.50. The van der Waals surface area contributed by atoms with Crippen LogP contribution in [-0.2, 0) is 12.0 Å². The lowest BCUT2D eigenvalue weighted by molar-refractivity contribution is 0.341. The molecule has 0 radical (unpaired) electrons. The van der Waals surface area contributed by atoms with E-state index in [9.17, 15) is 0 Å². The van der Waals surface area contributed by atoms with Crippen molar-refractivity contribution in [3.05, 3.63) is 17.5 Å². The molecule has 1 atom stereocenters. The van der Waals surface area contributed by atoms with E-state index in [1.165, 1.54) is 5.69 Å². The van der Waals surface area contributed by atoms with Crippen molar-refractivity contribution in [3.63, 3.8) is 0 Å². The summed E-state index contributed by atoms with van der Waals surface area (Å²) in [5.74, 6) is 0. The molecule has 0 spiro atoms. The van der Waals surface area contributed by atoms with Gasteiger partial charge in [-0.3, -0.25) is 4.68 Å². The van der Waals surface area contributed by atoms with Crippen LogP contribution in [0.4, 0.5) is 0 Å². The molecule has 0 bridgehead atoms. The normalized spacial score (nSPS) is 14.4. The van der Waals surface area contributed by atoms with E-state index < -0.39 is 0 Å². The quantitative estimate of drug-likeness (QED) is 0.786. The zero-order chi connectivity index (χ0) is 10.9.